The number of rotatable bonds is 2. The minimum Gasteiger partial charge on any atom is -0.211 e. The maximum absolute atomic E-state index is 10.0. The van der Waals surface area contributed by atoms with Gasteiger partial charge in [-0.25, -0.2) is 4.79 Å². The van der Waals surface area contributed by atoms with E-state index in [-0.39, 0.29) is 0 Å². The van der Waals surface area contributed by atoms with E-state index < -0.39 is 0 Å². The Bertz CT molecular complexity index is 512. The predicted molar refractivity (Wildman–Crippen MR) is 65.2 cm³/mol. The number of isocyanates is 1. The summed E-state index contributed by atoms with van der Waals surface area (Å²) < 4.78 is 1.08. The van der Waals surface area contributed by atoms with Gasteiger partial charge in [-0.1, -0.05) is 12.1 Å². The van der Waals surface area contributed by atoms with Crippen molar-refractivity contribution in [1.82, 2.24) is 0 Å². The first kappa shape index (κ1) is 10.3. The molecule has 0 bridgehead atoms. The highest BCUT2D eigenvalue weighted by atomic mass is 79.9. The third kappa shape index (κ3) is 2.23. The van der Waals surface area contributed by atoms with Gasteiger partial charge in [0.25, 0.3) is 0 Å². The van der Waals surface area contributed by atoms with Gasteiger partial charge in [0.1, 0.15) is 0 Å². The molecule has 0 aliphatic rings. The van der Waals surface area contributed by atoms with Gasteiger partial charge in [0.15, 0.2) is 0 Å². The lowest BCUT2D eigenvalue weighted by molar-refractivity contribution is 0.565. The molecular weight excluding hydrogens is 274 g/mol. The number of hydrogen-bond acceptors (Lipinski definition) is 3. The molecular formula is C11H6BrNOS. The van der Waals surface area contributed by atoms with Crippen LogP contribution in [0.4, 0.5) is 5.69 Å². The van der Waals surface area contributed by atoms with Crippen LogP contribution < -0.4 is 0 Å². The number of thiophene rings is 1. The standard InChI is InChI=1S/C11H6BrNOS/c12-10-5-6-15-11(10)8-1-3-9(4-2-8)13-7-14/h1-6H. The Labute approximate surface area is 99.4 Å². The lowest BCUT2D eigenvalue weighted by Gasteiger charge is -1.98. The zero-order valence-electron chi connectivity index (χ0n) is 7.61. The molecule has 0 N–H and O–H groups in total. The Morgan fingerprint density at radius 3 is 2.47 bits per heavy atom. The van der Waals surface area contributed by atoms with Gasteiger partial charge in [-0.05, 0) is 45.1 Å². The summed E-state index contributed by atoms with van der Waals surface area (Å²) in [5.41, 5.74) is 1.74. The molecule has 1 heterocycles. The largest absolute Gasteiger partial charge is 0.240 e. The van der Waals surface area contributed by atoms with Gasteiger partial charge in [-0.3, -0.25) is 0 Å². The molecule has 0 saturated carbocycles. The van der Waals surface area contributed by atoms with Crippen LogP contribution in [0.25, 0.3) is 10.4 Å². The molecule has 0 fully saturated rings. The fraction of sp³-hybridized carbons (Fsp3) is 0. The van der Waals surface area contributed by atoms with Crippen molar-refractivity contribution in [2.24, 2.45) is 4.99 Å². The Kier molecular flexibility index (Phi) is 3.11. The van der Waals surface area contributed by atoms with Crippen LogP contribution in [0.3, 0.4) is 0 Å². The molecule has 0 amide bonds. The van der Waals surface area contributed by atoms with Crippen molar-refractivity contribution in [2.45, 2.75) is 0 Å². The predicted octanol–water partition coefficient (Wildman–Crippen LogP) is 4.14. The van der Waals surface area contributed by atoms with Gasteiger partial charge in [0.05, 0.1) is 5.69 Å². The molecule has 0 aliphatic heterocycles. The van der Waals surface area contributed by atoms with Gasteiger partial charge in [0.2, 0.25) is 6.08 Å². The second-order valence-electron chi connectivity index (χ2n) is 2.85. The third-order valence-electron chi connectivity index (χ3n) is 1.92. The van der Waals surface area contributed by atoms with Gasteiger partial charge in [-0.15, -0.1) is 11.3 Å². The Morgan fingerprint density at radius 1 is 1.20 bits per heavy atom. The highest BCUT2D eigenvalue weighted by Gasteiger charge is 2.03. The molecule has 15 heavy (non-hydrogen) atoms. The van der Waals surface area contributed by atoms with E-state index >= 15 is 0 Å². The van der Waals surface area contributed by atoms with Crippen LogP contribution in [0.5, 0.6) is 0 Å². The minimum atomic E-state index is 0.626. The molecule has 2 rings (SSSR count). The Hall–Kier alpha value is -1.22. The molecule has 2 nitrogen and oxygen atoms in total. The lowest BCUT2D eigenvalue weighted by atomic mass is 10.2. The van der Waals surface area contributed by atoms with Crippen LogP contribution in [0.1, 0.15) is 0 Å². The number of benzene rings is 1. The van der Waals surface area contributed by atoms with Crippen LogP contribution in [-0.4, -0.2) is 6.08 Å². The molecule has 0 saturated heterocycles. The molecule has 4 heteroatoms. The maximum atomic E-state index is 10.0. The molecule has 1 aromatic carbocycles. The molecule has 74 valence electrons. The number of hydrogen-bond donors (Lipinski definition) is 0. The van der Waals surface area contributed by atoms with E-state index in [0.717, 1.165) is 10.0 Å². The SMILES string of the molecule is O=C=Nc1ccc(-c2sccc2Br)cc1. The Balaban J connectivity index is 2.40. The first-order chi connectivity index (χ1) is 7.31. The van der Waals surface area contributed by atoms with Crippen LogP contribution in [0, 0.1) is 0 Å². The molecule has 0 unspecified atom stereocenters. The molecule has 0 spiro atoms. The minimum absolute atomic E-state index is 0.626. The maximum Gasteiger partial charge on any atom is 0.240 e. The summed E-state index contributed by atoms with van der Waals surface area (Å²) in [6.07, 6.45) is 1.52. The monoisotopic (exact) mass is 279 g/mol. The van der Waals surface area contributed by atoms with E-state index in [0.29, 0.717) is 5.69 Å². The average Bonchev–Trinajstić information content (AvgIpc) is 2.66. The molecule has 1 aromatic heterocycles. The van der Waals surface area contributed by atoms with Gasteiger partial charge in [0, 0.05) is 9.35 Å². The smallest absolute Gasteiger partial charge is 0.211 e. The Morgan fingerprint density at radius 2 is 1.93 bits per heavy atom. The highest BCUT2D eigenvalue weighted by molar-refractivity contribution is 9.10. The second kappa shape index (κ2) is 4.53. The number of aliphatic imine (C=N–C) groups is 1. The summed E-state index contributed by atoms with van der Waals surface area (Å²) in [7, 11) is 0. The quantitative estimate of drug-likeness (QED) is 0.600. The van der Waals surface area contributed by atoms with Gasteiger partial charge < -0.3 is 0 Å². The number of halogens is 1. The summed E-state index contributed by atoms with van der Waals surface area (Å²) >= 11 is 5.14. The molecule has 0 atom stereocenters. The van der Waals surface area contributed by atoms with Crippen LogP contribution in [0.2, 0.25) is 0 Å². The second-order valence-corrected chi connectivity index (χ2v) is 4.62. The van der Waals surface area contributed by atoms with Crippen molar-refractivity contribution < 1.29 is 4.79 Å². The molecule has 2 aromatic rings. The van der Waals surface area contributed by atoms with E-state index in [1.165, 1.54) is 11.0 Å². The topological polar surface area (TPSA) is 29.4 Å². The van der Waals surface area contributed by atoms with Crippen molar-refractivity contribution in [3.8, 4) is 10.4 Å². The summed E-state index contributed by atoms with van der Waals surface area (Å²) in [6, 6.07) is 9.48. The van der Waals surface area contributed by atoms with E-state index in [2.05, 4.69) is 20.9 Å². The van der Waals surface area contributed by atoms with Crippen LogP contribution in [0.15, 0.2) is 45.2 Å². The normalized spacial score (nSPS) is 9.67. The van der Waals surface area contributed by atoms with E-state index in [1.54, 1.807) is 23.5 Å². The van der Waals surface area contributed by atoms with Gasteiger partial charge in [-0.2, -0.15) is 4.99 Å². The average molecular weight is 280 g/mol. The summed E-state index contributed by atoms with van der Waals surface area (Å²) in [5, 5.41) is 2.02. The first-order valence-electron chi connectivity index (χ1n) is 4.22. The van der Waals surface area contributed by atoms with Crippen molar-refractivity contribution in [1.29, 1.82) is 0 Å². The third-order valence-corrected chi connectivity index (χ3v) is 3.81. The number of nitrogens with zero attached hydrogens (tertiary/aromatic N) is 1. The highest BCUT2D eigenvalue weighted by Crippen LogP contribution is 2.34. The van der Waals surface area contributed by atoms with Crippen molar-refractivity contribution in [3.05, 3.63) is 40.2 Å². The van der Waals surface area contributed by atoms with E-state index in [1.807, 2.05) is 23.6 Å². The van der Waals surface area contributed by atoms with Crippen LogP contribution in [-0.2, 0) is 4.79 Å². The lowest BCUT2D eigenvalue weighted by Crippen LogP contribution is -1.72. The zero-order chi connectivity index (χ0) is 10.7. The number of carbonyl (C=O) groups excluding carboxylic acids is 1. The van der Waals surface area contributed by atoms with E-state index in [9.17, 15) is 4.79 Å². The van der Waals surface area contributed by atoms with Crippen molar-refractivity contribution in [3.63, 3.8) is 0 Å². The van der Waals surface area contributed by atoms with Crippen molar-refractivity contribution in [2.75, 3.05) is 0 Å². The zero-order valence-corrected chi connectivity index (χ0v) is 10.0. The summed E-state index contributed by atoms with van der Waals surface area (Å²) in [5.74, 6) is 0. The summed E-state index contributed by atoms with van der Waals surface area (Å²) in [4.78, 5) is 14.8. The summed E-state index contributed by atoms with van der Waals surface area (Å²) in [6.45, 7) is 0. The van der Waals surface area contributed by atoms with Gasteiger partial charge >= 0.3 is 0 Å². The first-order valence-corrected chi connectivity index (χ1v) is 5.90. The van der Waals surface area contributed by atoms with E-state index in [4.69, 9.17) is 0 Å². The fourth-order valence-electron chi connectivity index (χ4n) is 1.24. The van der Waals surface area contributed by atoms with Crippen molar-refractivity contribution >= 4 is 39.0 Å². The molecule has 0 radical (unpaired) electrons. The fourth-order valence-corrected chi connectivity index (χ4v) is 2.85. The van der Waals surface area contributed by atoms with Crippen LogP contribution >= 0.6 is 27.3 Å². The molecule has 0 aliphatic carbocycles.